The van der Waals surface area contributed by atoms with Crippen LogP contribution in [0.2, 0.25) is 0 Å². The van der Waals surface area contributed by atoms with E-state index in [-0.39, 0.29) is 0 Å². The van der Waals surface area contributed by atoms with E-state index in [0.717, 1.165) is 30.1 Å². The predicted molar refractivity (Wildman–Crippen MR) is 128 cm³/mol. The third-order valence-corrected chi connectivity index (χ3v) is 8.76. The molecule has 0 bridgehead atoms. The molecule has 2 aliphatic carbocycles. The van der Waals surface area contributed by atoms with E-state index >= 15 is 0 Å². The van der Waals surface area contributed by atoms with Gasteiger partial charge in [-0.15, -0.1) is 0 Å². The van der Waals surface area contributed by atoms with Crippen molar-refractivity contribution < 1.29 is 0 Å². The molecular weight excluding hydrogens is 388 g/mol. The molecule has 4 atom stereocenters. The first kappa shape index (κ1) is 19.8. The molecule has 2 saturated carbocycles. The number of nitrogens with zero attached hydrogens (tertiary/aromatic N) is 2. The van der Waals surface area contributed by atoms with Gasteiger partial charge in [-0.3, -0.25) is 4.90 Å². The minimum atomic E-state index is -0.572. The predicted octanol–water partition coefficient (Wildman–Crippen LogP) is 6.33. The number of likely N-dealkylation sites (tertiary alicyclic amines) is 1. The van der Waals surface area contributed by atoms with Crippen LogP contribution in [0.5, 0.6) is 0 Å². The highest BCUT2D eigenvalue weighted by atomic mass is 15.3. The van der Waals surface area contributed by atoms with E-state index in [9.17, 15) is 5.26 Å². The summed E-state index contributed by atoms with van der Waals surface area (Å²) in [5.74, 6) is 0.587. The lowest BCUT2D eigenvalue weighted by molar-refractivity contribution is -0.193. The van der Waals surface area contributed by atoms with E-state index in [1.807, 2.05) is 12.1 Å². The van der Waals surface area contributed by atoms with Gasteiger partial charge < -0.3 is 0 Å². The van der Waals surface area contributed by atoms with E-state index in [0.29, 0.717) is 17.4 Å². The van der Waals surface area contributed by atoms with Gasteiger partial charge in [0.2, 0.25) is 0 Å². The summed E-state index contributed by atoms with van der Waals surface area (Å²) in [6.07, 6.45) is 6.15. The van der Waals surface area contributed by atoms with Crippen LogP contribution in [0.4, 0.5) is 0 Å². The third-order valence-electron chi connectivity index (χ3n) is 8.76. The summed E-state index contributed by atoms with van der Waals surface area (Å²) < 4.78 is 0. The average Bonchev–Trinajstić information content (AvgIpc) is 3.22. The molecule has 3 aromatic carbocycles. The van der Waals surface area contributed by atoms with Gasteiger partial charge in [0.05, 0.1) is 6.07 Å². The Morgan fingerprint density at radius 2 is 1.44 bits per heavy atom. The summed E-state index contributed by atoms with van der Waals surface area (Å²) in [5, 5.41) is 10.6. The Balaban J connectivity index is 1.28. The fourth-order valence-corrected chi connectivity index (χ4v) is 7.30. The molecule has 32 heavy (non-hydrogen) atoms. The summed E-state index contributed by atoms with van der Waals surface area (Å²) in [7, 11) is 0. The van der Waals surface area contributed by atoms with Gasteiger partial charge in [0, 0.05) is 24.0 Å². The zero-order valence-electron chi connectivity index (χ0n) is 18.5. The molecule has 2 nitrogen and oxygen atoms in total. The van der Waals surface area contributed by atoms with Gasteiger partial charge in [0.15, 0.2) is 0 Å². The lowest BCUT2D eigenvalue weighted by Gasteiger charge is -2.68. The maximum Gasteiger partial charge on any atom is 0.107 e. The first-order valence-electron chi connectivity index (χ1n) is 12.1. The summed E-state index contributed by atoms with van der Waals surface area (Å²) in [4.78, 5) is 2.78. The monoisotopic (exact) mass is 418 g/mol. The van der Waals surface area contributed by atoms with Crippen LogP contribution in [0.15, 0.2) is 91.0 Å². The number of benzene rings is 3. The van der Waals surface area contributed by atoms with Gasteiger partial charge >= 0.3 is 0 Å². The Bertz CT molecular complexity index is 1080. The molecule has 6 rings (SSSR count). The van der Waals surface area contributed by atoms with E-state index < -0.39 is 5.41 Å². The number of hydrogen-bond acceptors (Lipinski definition) is 2. The molecule has 0 radical (unpaired) electrons. The van der Waals surface area contributed by atoms with E-state index in [4.69, 9.17) is 0 Å². The quantitative estimate of drug-likeness (QED) is 0.468. The van der Waals surface area contributed by atoms with Crippen molar-refractivity contribution >= 4 is 0 Å². The maximum absolute atomic E-state index is 10.6. The molecule has 0 N–H and O–H groups in total. The first-order chi connectivity index (χ1) is 15.7. The van der Waals surface area contributed by atoms with Crippen LogP contribution in [0.1, 0.15) is 48.8 Å². The molecule has 3 aliphatic rings. The molecule has 3 aromatic rings. The van der Waals surface area contributed by atoms with Crippen LogP contribution >= 0.6 is 0 Å². The molecule has 3 fully saturated rings. The standard InChI is InChI=1S/C30H30N2/c31-22-30(25-12-6-2-7-13-25,26-14-8-3-9-15-26)20-24-18-28-29(19-24)17-16-27(29)32(28)21-23-10-4-1-5-11-23/h1-15,24,27-28H,16-21H2/t24?,27-,28-,29?/m0/s1. The molecule has 160 valence electrons. The fourth-order valence-electron chi connectivity index (χ4n) is 7.30. The van der Waals surface area contributed by atoms with Crippen molar-refractivity contribution in [2.24, 2.45) is 11.3 Å². The summed E-state index contributed by atoms with van der Waals surface area (Å²) in [5.41, 5.74) is 3.65. The van der Waals surface area contributed by atoms with Gasteiger partial charge in [-0.25, -0.2) is 0 Å². The van der Waals surface area contributed by atoms with Crippen molar-refractivity contribution in [2.75, 3.05) is 0 Å². The Morgan fingerprint density at radius 3 is 1.97 bits per heavy atom. The van der Waals surface area contributed by atoms with Crippen molar-refractivity contribution in [2.45, 2.75) is 56.1 Å². The molecule has 1 heterocycles. The topological polar surface area (TPSA) is 27.0 Å². The zero-order valence-corrected chi connectivity index (χ0v) is 18.5. The number of hydrogen-bond donors (Lipinski definition) is 0. The fraction of sp³-hybridized carbons (Fsp3) is 0.367. The molecule has 1 spiro atoms. The minimum Gasteiger partial charge on any atom is -0.292 e. The number of nitriles is 1. The van der Waals surface area contributed by atoms with Crippen LogP contribution in [0.3, 0.4) is 0 Å². The average molecular weight is 419 g/mol. The largest absolute Gasteiger partial charge is 0.292 e. The van der Waals surface area contributed by atoms with E-state index in [1.165, 1.54) is 31.2 Å². The van der Waals surface area contributed by atoms with Crippen LogP contribution < -0.4 is 0 Å². The maximum atomic E-state index is 10.6. The van der Waals surface area contributed by atoms with Crippen LogP contribution in [0, 0.1) is 22.7 Å². The second kappa shape index (κ2) is 7.61. The second-order valence-electron chi connectivity index (χ2n) is 10.2. The minimum absolute atomic E-state index is 0.522. The SMILES string of the molecule is N#CC(CC1C[C@@H]2N(Cc3ccccc3)[C@H]3CCC32C1)(c1ccccc1)c1ccccc1. The molecular formula is C30H30N2. The highest BCUT2D eigenvalue weighted by Crippen LogP contribution is 2.68. The van der Waals surface area contributed by atoms with E-state index in [2.05, 4.69) is 89.8 Å². The summed E-state index contributed by atoms with van der Waals surface area (Å²) in [6, 6.07) is 36.2. The smallest absolute Gasteiger partial charge is 0.107 e. The highest BCUT2D eigenvalue weighted by Gasteiger charge is 2.69. The summed E-state index contributed by atoms with van der Waals surface area (Å²) >= 11 is 0. The van der Waals surface area contributed by atoms with Crippen LogP contribution in [-0.4, -0.2) is 17.0 Å². The summed E-state index contributed by atoms with van der Waals surface area (Å²) in [6.45, 7) is 1.07. The molecule has 1 aliphatic heterocycles. The molecule has 2 heteroatoms. The Kier molecular flexibility index (Phi) is 4.70. The van der Waals surface area contributed by atoms with Gasteiger partial charge in [-0.1, -0.05) is 91.0 Å². The van der Waals surface area contributed by atoms with Gasteiger partial charge in [0.1, 0.15) is 5.41 Å². The molecule has 0 aromatic heterocycles. The number of rotatable bonds is 6. The van der Waals surface area contributed by atoms with Gasteiger partial charge in [0.25, 0.3) is 0 Å². The Labute approximate surface area is 191 Å². The second-order valence-corrected chi connectivity index (χ2v) is 10.2. The van der Waals surface area contributed by atoms with Crippen molar-refractivity contribution in [1.82, 2.24) is 4.90 Å². The highest BCUT2D eigenvalue weighted by molar-refractivity contribution is 5.46. The van der Waals surface area contributed by atoms with Crippen molar-refractivity contribution in [3.05, 3.63) is 108 Å². The lowest BCUT2D eigenvalue weighted by atomic mass is 9.53. The van der Waals surface area contributed by atoms with Gasteiger partial charge in [-0.05, 0) is 54.7 Å². The molecule has 1 saturated heterocycles. The van der Waals surface area contributed by atoms with Crippen LogP contribution in [0.25, 0.3) is 0 Å². The van der Waals surface area contributed by atoms with Crippen molar-refractivity contribution in [1.29, 1.82) is 5.26 Å². The number of piperidine rings is 1. The van der Waals surface area contributed by atoms with Crippen molar-refractivity contribution in [3.8, 4) is 6.07 Å². The van der Waals surface area contributed by atoms with E-state index in [1.54, 1.807) is 0 Å². The Morgan fingerprint density at radius 1 is 0.844 bits per heavy atom. The lowest BCUT2D eigenvalue weighted by Crippen LogP contribution is -2.74. The normalized spacial score (nSPS) is 28.7. The third kappa shape index (κ3) is 2.88. The molecule has 2 unspecified atom stereocenters. The van der Waals surface area contributed by atoms with Crippen molar-refractivity contribution in [3.63, 3.8) is 0 Å². The first-order valence-corrected chi connectivity index (χ1v) is 12.1. The van der Waals surface area contributed by atoms with Crippen LogP contribution in [-0.2, 0) is 12.0 Å². The molecule has 0 amide bonds. The van der Waals surface area contributed by atoms with Gasteiger partial charge in [-0.2, -0.15) is 5.26 Å². The Hall–Kier alpha value is -2.89. The zero-order chi connectivity index (χ0) is 21.6.